The molecule has 0 saturated carbocycles. The van der Waals surface area contributed by atoms with Crippen molar-refractivity contribution >= 4 is 24.7 Å². The van der Waals surface area contributed by atoms with Crippen molar-refractivity contribution in [3.63, 3.8) is 0 Å². The van der Waals surface area contributed by atoms with E-state index in [-0.39, 0.29) is 20.7 Å². The highest BCUT2D eigenvalue weighted by molar-refractivity contribution is 14.2. The van der Waals surface area contributed by atoms with Crippen LogP contribution in [-0.4, -0.2) is 10.6 Å². The van der Waals surface area contributed by atoms with Gasteiger partial charge in [-0.3, -0.25) is 0 Å². The second-order valence-corrected chi connectivity index (χ2v) is 4.00. The number of allylic oxidation sites excluding steroid dienone is 1. The molecule has 0 unspecified atom stereocenters. The maximum absolute atomic E-state index is 5.48. The van der Waals surface area contributed by atoms with Crippen molar-refractivity contribution in [2.45, 2.75) is 6.92 Å². The van der Waals surface area contributed by atoms with Crippen molar-refractivity contribution in [1.29, 1.82) is 0 Å². The number of halogens is 1. The Morgan fingerprint density at radius 1 is 1.67 bits per heavy atom. The Morgan fingerprint density at radius 3 is 2.89 bits per heavy atom. The van der Waals surface area contributed by atoms with Gasteiger partial charge in [0.15, 0.2) is 0 Å². The van der Waals surface area contributed by atoms with Gasteiger partial charge in [0, 0.05) is 6.54 Å². The largest absolute Gasteiger partial charge is 0.326 e. The van der Waals surface area contributed by atoms with E-state index in [2.05, 4.69) is 21.1 Å². The lowest BCUT2D eigenvalue weighted by Gasteiger charge is -2.04. The van der Waals surface area contributed by atoms with Gasteiger partial charge in [-0.1, -0.05) is 26.8 Å². The smallest absolute Gasteiger partial charge is 0.0181 e. The second-order valence-electron chi connectivity index (χ2n) is 1.94. The van der Waals surface area contributed by atoms with Gasteiger partial charge in [-0.25, -0.2) is 0 Å². The van der Waals surface area contributed by atoms with E-state index < -0.39 is 0 Å². The first-order chi connectivity index (χ1) is 4.34. The quantitative estimate of drug-likeness (QED) is 0.686. The van der Waals surface area contributed by atoms with Crippen LogP contribution in [-0.2, 0) is 0 Å². The van der Waals surface area contributed by atoms with Crippen molar-refractivity contribution in [2.75, 3.05) is 6.54 Å². The van der Waals surface area contributed by atoms with Gasteiger partial charge in [0.2, 0.25) is 0 Å². The van der Waals surface area contributed by atoms with Gasteiger partial charge in [-0.15, -0.1) is 0 Å². The maximum Gasteiger partial charge on any atom is 0.0181 e. The Kier molecular flexibility index (Phi) is 2.60. The molecular weight excluding hydrogens is 225 g/mol. The molecule has 2 heteroatoms. The maximum atomic E-state index is 5.48. The zero-order valence-electron chi connectivity index (χ0n) is 5.39. The minimum Gasteiger partial charge on any atom is -0.326 e. The number of rotatable bonds is 1. The normalized spacial score (nSPS) is 18.0. The fourth-order valence-corrected chi connectivity index (χ4v) is 2.46. The van der Waals surface area contributed by atoms with Crippen LogP contribution < -0.4 is 5.73 Å². The first-order valence-corrected chi connectivity index (χ1v) is 5.35. The molecule has 1 aliphatic heterocycles. The molecular formula is C7H10IN. The summed E-state index contributed by atoms with van der Waals surface area (Å²) < 4.78 is 4.55. The van der Waals surface area contributed by atoms with E-state index in [4.69, 9.17) is 5.73 Å². The average Bonchev–Trinajstić information content (AvgIpc) is 1.89. The third kappa shape index (κ3) is 1.72. The van der Waals surface area contributed by atoms with Gasteiger partial charge in [-0.2, -0.15) is 0 Å². The minimum absolute atomic E-state index is 0.222. The molecule has 2 N–H and O–H groups in total. The Bertz CT molecular complexity index is 189. The molecule has 0 aromatic heterocycles. The fourth-order valence-electron chi connectivity index (χ4n) is 0.674. The van der Waals surface area contributed by atoms with E-state index in [9.17, 15) is 0 Å². The standard InChI is InChI=1S/C7H10IN/c1-6-4-8-3-2-7(6)5-9/h2-4H,5,9H2,1H3. The van der Waals surface area contributed by atoms with Crippen molar-refractivity contribution in [2.24, 2.45) is 5.73 Å². The summed E-state index contributed by atoms with van der Waals surface area (Å²) in [5, 5.41) is 0. The lowest BCUT2D eigenvalue weighted by atomic mass is 10.1. The van der Waals surface area contributed by atoms with E-state index in [0.29, 0.717) is 6.54 Å². The van der Waals surface area contributed by atoms with Gasteiger partial charge in [-0.05, 0) is 26.2 Å². The van der Waals surface area contributed by atoms with Gasteiger partial charge in [0.05, 0.1) is 0 Å². The van der Waals surface area contributed by atoms with Crippen LogP contribution in [0.3, 0.4) is 0 Å². The first kappa shape index (κ1) is 7.15. The summed E-state index contributed by atoms with van der Waals surface area (Å²) in [6.45, 7) is 2.81. The molecule has 1 nitrogen and oxygen atoms in total. The predicted octanol–water partition coefficient (Wildman–Crippen LogP) is 1.56. The van der Waals surface area contributed by atoms with E-state index in [0.717, 1.165) is 0 Å². The summed E-state index contributed by atoms with van der Waals surface area (Å²) in [6, 6.07) is 0. The Labute approximate surface area is 65.4 Å². The first-order valence-electron chi connectivity index (χ1n) is 2.86. The lowest BCUT2D eigenvalue weighted by Crippen LogP contribution is -2.04. The van der Waals surface area contributed by atoms with Crippen LogP contribution in [0.15, 0.2) is 21.3 Å². The molecule has 0 amide bonds. The molecule has 0 saturated heterocycles. The van der Waals surface area contributed by atoms with Crippen LogP contribution in [0, 0.1) is 0 Å². The van der Waals surface area contributed by atoms with Crippen LogP contribution in [0.5, 0.6) is 0 Å². The van der Waals surface area contributed by atoms with E-state index in [1.54, 1.807) is 0 Å². The third-order valence-electron chi connectivity index (χ3n) is 1.29. The highest BCUT2D eigenvalue weighted by Gasteiger charge is 1.96. The Morgan fingerprint density at radius 2 is 2.44 bits per heavy atom. The molecule has 0 radical (unpaired) electrons. The average molecular weight is 235 g/mol. The molecule has 1 rings (SSSR count). The molecule has 0 aromatic rings. The molecule has 1 heterocycles. The van der Waals surface area contributed by atoms with Crippen LogP contribution in [0.4, 0.5) is 0 Å². The zero-order valence-corrected chi connectivity index (χ0v) is 7.55. The van der Waals surface area contributed by atoms with Gasteiger partial charge >= 0.3 is 0 Å². The molecule has 0 atom stereocenters. The summed E-state index contributed by atoms with van der Waals surface area (Å²) in [4.78, 5) is 0. The molecule has 9 heavy (non-hydrogen) atoms. The summed E-state index contributed by atoms with van der Waals surface area (Å²) >= 11 is 0.222. The molecule has 0 aliphatic carbocycles. The minimum atomic E-state index is 0.222. The van der Waals surface area contributed by atoms with E-state index in [1.807, 2.05) is 0 Å². The fraction of sp³-hybridized carbons (Fsp3) is 0.286. The highest BCUT2D eigenvalue weighted by atomic mass is 127. The summed E-state index contributed by atoms with van der Waals surface area (Å²) in [7, 11) is 0. The van der Waals surface area contributed by atoms with Crippen molar-refractivity contribution in [3.8, 4) is 0 Å². The summed E-state index contributed by atoms with van der Waals surface area (Å²) in [5.41, 5.74) is 8.15. The zero-order chi connectivity index (χ0) is 6.69. The molecule has 0 fully saturated rings. The SMILES string of the molecule is CC1=CI=CC=C1CN. The molecule has 0 spiro atoms. The second kappa shape index (κ2) is 3.27. The molecule has 0 bridgehead atoms. The third-order valence-corrected chi connectivity index (χ3v) is 3.36. The molecule has 0 aromatic carbocycles. The molecule has 50 valence electrons. The lowest BCUT2D eigenvalue weighted by molar-refractivity contribution is 1.15. The summed E-state index contributed by atoms with van der Waals surface area (Å²) in [6.07, 6.45) is 2.16. The van der Waals surface area contributed by atoms with Crippen LogP contribution >= 0.6 is 20.7 Å². The molecule has 1 aliphatic rings. The predicted molar refractivity (Wildman–Crippen MR) is 51.0 cm³/mol. The Balaban J connectivity index is 2.83. The van der Waals surface area contributed by atoms with Crippen LogP contribution in [0.1, 0.15) is 6.92 Å². The van der Waals surface area contributed by atoms with Crippen LogP contribution in [0.25, 0.3) is 0 Å². The van der Waals surface area contributed by atoms with Crippen molar-refractivity contribution in [1.82, 2.24) is 0 Å². The highest BCUT2D eigenvalue weighted by Crippen LogP contribution is 2.16. The van der Waals surface area contributed by atoms with Gasteiger partial charge in [0.1, 0.15) is 0 Å². The number of hydrogen-bond donors (Lipinski definition) is 1. The number of hydrogen-bond acceptors (Lipinski definition) is 1. The van der Waals surface area contributed by atoms with Gasteiger partial charge < -0.3 is 5.73 Å². The van der Waals surface area contributed by atoms with Gasteiger partial charge in [0.25, 0.3) is 0 Å². The Hall–Kier alpha value is 0.0400. The van der Waals surface area contributed by atoms with Crippen molar-refractivity contribution < 1.29 is 0 Å². The number of nitrogens with two attached hydrogens (primary N) is 1. The van der Waals surface area contributed by atoms with Crippen molar-refractivity contribution in [3.05, 3.63) is 21.3 Å². The monoisotopic (exact) mass is 235 g/mol. The summed E-state index contributed by atoms with van der Waals surface area (Å²) in [5.74, 6) is 0. The van der Waals surface area contributed by atoms with E-state index >= 15 is 0 Å². The topological polar surface area (TPSA) is 26.0 Å². The van der Waals surface area contributed by atoms with Crippen LogP contribution in [0.2, 0.25) is 0 Å². The van der Waals surface area contributed by atoms with E-state index in [1.165, 1.54) is 11.1 Å².